The lowest BCUT2D eigenvalue weighted by molar-refractivity contribution is 0.0729. The number of carbonyl (C=O) groups excluding carboxylic acids is 2. The minimum Gasteiger partial charge on any atom is -0.493 e. The molecule has 0 aliphatic heterocycles. The fourth-order valence-electron chi connectivity index (χ4n) is 4.11. The van der Waals surface area contributed by atoms with Gasteiger partial charge >= 0.3 is 5.97 Å². The van der Waals surface area contributed by atoms with Gasteiger partial charge in [-0.2, -0.15) is 5.10 Å². The Morgan fingerprint density at radius 2 is 1.68 bits per heavy atom. The Bertz CT molecular complexity index is 1750. The molecule has 0 aliphatic rings. The number of aromatic nitrogens is 1. The van der Waals surface area contributed by atoms with Crippen molar-refractivity contribution in [2.75, 3.05) is 7.11 Å². The second-order valence-electron chi connectivity index (χ2n) is 8.56. The first-order chi connectivity index (χ1) is 19.3. The number of carbonyl (C=O) groups is 2. The van der Waals surface area contributed by atoms with E-state index in [1.807, 2.05) is 36.4 Å². The zero-order valence-corrected chi connectivity index (χ0v) is 24.8. The highest BCUT2D eigenvalue weighted by Gasteiger charge is 2.21. The minimum absolute atomic E-state index is 0.255. The van der Waals surface area contributed by atoms with Crippen molar-refractivity contribution in [1.29, 1.82) is 0 Å². The van der Waals surface area contributed by atoms with Crippen LogP contribution in [0.25, 0.3) is 22.0 Å². The standard InChI is InChI=1S/C30H20Br2ClN3O4/c1-39-25-13-17(7-12-24(25)40-30(38)19-8-10-20(31)11-9-19)16-34-36-29(37)28-26(18-5-3-2-4-6-18)22-14-21(32)15-23(33)27(22)35-28/h2-16,35H,1H3,(H,36,37). The molecular formula is C30H20Br2ClN3O4. The number of hydrogen-bond acceptors (Lipinski definition) is 5. The van der Waals surface area contributed by atoms with Gasteiger partial charge in [-0.15, -0.1) is 0 Å². The molecule has 1 aromatic heterocycles. The van der Waals surface area contributed by atoms with Crippen molar-refractivity contribution in [2.45, 2.75) is 0 Å². The summed E-state index contributed by atoms with van der Waals surface area (Å²) in [6, 6.07) is 25.0. The Balaban J connectivity index is 1.36. The van der Waals surface area contributed by atoms with Crippen LogP contribution in [0, 0.1) is 0 Å². The Labute approximate surface area is 251 Å². The maximum absolute atomic E-state index is 13.3. The maximum atomic E-state index is 13.3. The SMILES string of the molecule is COc1cc(C=NNC(=O)c2[nH]c3c(Cl)cc(Br)cc3c2-c2ccccc2)ccc1OC(=O)c1ccc(Br)cc1. The van der Waals surface area contributed by atoms with Gasteiger partial charge < -0.3 is 14.5 Å². The summed E-state index contributed by atoms with van der Waals surface area (Å²) in [5.74, 6) is -0.363. The van der Waals surface area contributed by atoms with E-state index < -0.39 is 11.9 Å². The summed E-state index contributed by atoms with van der Waals surface area (Å²) in [4.78, 5) is 28.9. The van der Waals surface area contributed by atoms with E-state index in [9.17, 15) is 9.59 Å². The second-order valence-corrected chi connectivity index (χ2v) is 10.8. The lowest BCUT2D eigenvalue weighted by atomic mass is 10.0. The van der Waals surface area contributed by atoms with Gasteiger partial charge in [0.05, 0.1) is 29.4 Å². The lowest BCUT2D eigenvalue weighted by Crippen LogP contribution is -2.18. The highest BCUT2D eigenvalue weighted by atomic mass is 79.9. The average molecular weight is 682 g/mol. The molecule has 0 bridgehead atoms. The van der Waals surface area contributed by atoms with E-state index in [1.165, 1.54) is 13.3 Å². The fourth-order valence-corrected chi connectivity index (χ4v) is 5.23. The highest BCUT2D eigenvalue weighted by molar-refractivity contribution is 9.10. The first kappa shape index (κ1) is 27.6. The number of methoxy groups -OCH3 is 1. The van der Waals surface area contributed by atoms with Crippen LogP contribution in [-0.2, 0) is 0 Å². The van der Waals surface area contributed by atoms with Crippen molar-refractivity contribution in [3.8, 4) is 22.6 Å². The molecule has 1 heterocycles. The van der Waals surface area contributed by atoms with E-state index in [1.54, 1.807) is 48.5 Å². The topological polar surface area (TPSA) is 92.8 Å². The predicted molar refractivity (Wildman–Crippen MR) is 164 cm³/mol. The van der Waals surface area contributed by atoms with Crippen LogP contribution in [0.2, 0.25) is 5.02 Å². The van der Waals surface area contributed by atoms with E-state index in [0.717, 1.165) is 19.9 Å². The Hall–Kier alpha value is -3.92. The maximum Gasteiger partial charge on any atom is 0.343 e. The van der Waals surface area contributed by atoms with Crippen molar-refractivity contribution >= 4 is 72.5 Å². The molecule has 0 spiro atoms. The molecule has 1 amide bonds. The van der Waals surface area contributed by atoms with Gasteiger partial charge in [0.1, 0.15) is 5.69 Å². The van der Waals surface area contributed by atoms with Crippen LogP contribution in [0.3, 0.4) is 0 Å². The van der Waals surface area contributed by atoms with Gasteiger partial charge in [-0.05, 0) is 65.7 Å². The third-order valence-corrected chi connectivity index (χ3v) is 7.25. The molecular weight excluding hydrogens is 662 g/mol. The van der Waals surface area contributed by atoms with Crippen LogP contribution in [0.15, 0.2) is 99.0 Å². The number of nitrogens with one attached hydrogen (secondary N) is 2. The number of fused-ring (bicyclic) bond motifs is 1. The van der Waals surface area contributed by atoms with Crippen LogP contribution < -0.4 is 14.9 Å². The largest absolute Gasteiger partial charge is 0.493 e. The summed E-state index contributed by atoms with van der Waals surface area (Å²) >= 11 is 13.3. The molecule has 0 radical (unpaired) electrons. The lowest BCUT2D eigenvalue weighted by Gasteiger charge is -2.10. The number of H-pyrrole nitrogens is 1. The molecule has 0 aliphatic carbocycles. The number of rotatable bonds is 7. The quantitative estimate of drug-likeness (QED) is 0.0788. The molecule has 5 rings (SSSR count). The summed E-state index contributed by atoms with van der Waals surface area (Å²) in [6.45, 7) is 0. The number of benzene rings is 4. The summed E-state index contributed by atoms with van der Waals surface area (Å²) < 4.78 is 12.6. The molecule has 0 saturated heterocycles. The number of ether oxygens (including phenoxy) is 2. The molecule has 0 fully saturated rings. The Morgan fingerprint density at radius 3 is 2.40 bits per heavy atom. The molecule has 0 unspecified atom stereocenters. The zero-order valence-electron chi connectivity index (χ0n) is 20.9. The van der Waals surface area contributed by atoms with Crippen molar-refractivity contribution in [3.63, 3.8) is 0 Å². The molecule has 200 valence electrons. The van der Waals surface area contributed by atoms with Crippen molar-refractivity contribution in [3.05, 3.63) is 116 Å². The van der Waals surface area contributed by atoms with Gasteiger partial charge in [0, 0.05) is 19.9 Å². The molecule has 0 atom stereocenters. The monoisotopic (exact) mass is 679 g/mol. The Kier molecular flexibility index (Phi) is 8.35. The van der Waals surface area contributed by atoms with Crippen LogP contribution in [-0.4, -0.2) is 30.2 Å². The van der Waals surface area contributed by atoms with E-state index in [4.69, 9.17) is 21.1 Å². The zero-order chi connectivity index (χ0) is 28.2. The van der Waals surface area contributed by atoms with Gasteiger partial charge in [0.2, 0.25) is 0 Å². The number of aromatic amines is 1. The van der Waals surface area contributed by atoms with Crippen molar-refractivity contribution in [1.82, 2.24) is 10.4 Å². The third kappa shape index (κ3) is 5.96. The molecule has 5 aromatic rings. The smallest absolute Gasteiger partial charge is 0.343 e. The van der Waals surface area contributed by atoms with Gasteiger partial charge in [-0.25, -0.2) is 10.2 Å². The van der Waals surface area contributed by atoms with E-state index in [2.05, 4.69) is 47.4 Å². The number of nitrogens with zero attached hydrogens (tertiary/aromatic N) is 1. The third-order valence-electron chi connectivity index (χ3n) is 5.96. The van der Waals surface area contributed by atoms with Gasteiger partial charge in [-0.3, -0.25) is 4.79 Å². The van der Waals surface area contributed by atoms with Gasteiger partial charge in [-0.1, -0.05) is 73.8 Å². The van der Waals surface area contributed by atoms with Crippen molar-refractivity contribution in [2.24, 2.45) is 5.10 Å². The van der Waals surface area contributed by atoms with E-state index in [-0.39, 0.29) is 5.75 Å². The number of hydrogen-bond donors (Lipinski definition) is 2. The van der Waals surface area contributed by atoms with Crippen LogP contribution in [0.5, 0.6) is 11.5 Å². The Morgan fingerprint density at radius 1 is 0.925 bits per heavy atom. The number of amides is 1. The molecule has 2 N–H and O–H groups in total. The molecule has 40 heavy (non-hydrogen) atoms. The molecule has 4 aromatic carbocycles. The summed E-state index contributed by atoms with van der Waals surface area (Å²) in [5, 5.41) is 5.42. The molecule has 7 nitrogen and oxygen atoms in total. The molecule has 0 saturated carbocycles. The predicted octanol–water partition coefficient (Wildman–Crippen LogP) is 8.01. The average Bonchev–Trinajstić information content (AvgIpc) is 3.34. The summed E-state index contributed by atoms with van der Waals surface area (Å²) in [7, 11) is 1.47. The number of hydrazone groups is 1. The van der Waals surface area contributed by atoms with Crippen LogP contribution in [0.1, 0.15) is 26.4 Å². The summed E-state index contributed by atoms with van der Waals surface area (Å²) in [6.07, 6.45) is 1.47. The first-order valence-corrected chi connectivity index (χ1v) is 13.9. The van der Waals surface area contributed by atoms with Crippen LogP contribution in [0.4, 0.5) is 0 Å². The van der Waals surface area contributed by atoms with Crippen LogP contribution >= 0.6 is 43.5 Å². The highest BCUT2D eigenvalue weighted by Crippen LogP contribution is 2.37. The summed E-state index contributed by atoms with van der Waals surface area (Å²) in [5.41, 5.74) is 6.14. The minimum atomic E-state index is -0.515. The first-order valence-electron chi connectivity index (χ1n) is 11.9. The normalized spacial score (nSPS) is 11.1. The van der Waals surface area contributed by atoms with Gasteiger partial charge in [0.15, 0.2) is 11.5 Å². The number of esters is 1. The molecule has 10 heteroatoms. The van der Waals surface area contributed by atoms with E-state index >= 15 is 0 Å². The van der Waals surface area contributed by atoms with Gasteiger partial charge in [0.25, 0.3) is 5.91 Å². The van der Waals surface area contributed by atoms with E-state index in [0.29, 0.717) is 38.7 Å². The fraction of sp³-hybridized carbons (Fsp3) is 0.0333. The second kappa shape index (κ2) is 12.1. The van der Waals surface area contributed by atoms with Crippen molar-refractivity contribution < 1.29 is 19.1 Å². The number of halogens is 3.